The molecule has 2 aromatic rings. The second-order valence-electron chi connectivity index (χ2n) is 3.87. The van der Waals surface area contributed by atoms with Crippen molar-refractivity contribution < 1.29 is 32.3 Å². The molecule has 20 heavy (non-hydrogen) atoms. The molecule has 2 rings (SSSR count). The molecule has 106 valence electrons. The van der Waals surface area contributed by atoms with E-state index in [1.165, 1.54) is 17.4 Å². The van der Waals surface area contributed by atoms with E-state index in [2.05, 4.69) is 4.98 Å². The van der Waals surface area contributed by atoms with Gasteiger partial charge in [0.2, 0.25) is 11.5 Å². The van der Waals surface area contributed by atoms with Crippen LogP contribution in [0.2, 0.25) is 0 Å². The maximum absolute atomic E-state index is 12.2. The number of halogens is 3. The molecule has 0 saturated heterocycles. The summed E-state index contributed by atoms with van der Waals surface area (Å²) in [7, 11) is 0. The van der Waals surface area contributed by atoms with Gasteiger partial charge in [0.25, 0.3) is 0 Å². The van der Waals surface area contributed by atoms with E-state index in [9.17, 15) is 22.8 Å². The summed E-state index contributed by atoms with van der Waals surface area (Å²) in [5.41, 5.74) is -0.251. The normalized spacial score (nSPS) is 11.6. The molecule has 1 amide bonds. The van der Waals surface area contributed by atoms with E-state index in [1.807, 2.05) is 0 Å². The molecule has 0 bridgehead atoms. The van der Waals surface area contributed by atoms with Crippen molar-refractivity contribution in [2.75, 3.05) is 5.32 Å². The van der Waals surface area contributed by atoms with Crippen molar-refractivity contribution in [3.05, 3.63) is 23.6 Å². The summed E-state index contributed by atoms with van der Waals surface area (Å²) in [6.45, 7) is 1.59. The van der Waals surface area contributed by atoms with Crippen molar-refractivity contribution in [1.82, 2.24) is 4.98 Å². The van der Waals surface area contributed by atoms with Crippen LogP contribution in [0.5, 0.6) is 0 Å². The number of hydrogen-bond donors (Lipinski definition) is 2. The highest BCUT2D eigenvalue weighted by Crippen LogP contribution is 2.31. The number of aromatic nitrogens is 1. The average molecular weight is 288 g/mol. The van der Waals surface area contributed by atoms with Gasteiger partial charge in [-0.3, -0.25) is 4.79 Å². The Hall–Kier alpha value is -2.58. The molecule has 0 unspecified atom stereocenters. The molecule has 2 heterocycles. The number of carboxylic acid groups (broad SMARTS) is 1. The van der Waals surface area contributed by atoms with Crippen molar-refractivity contribution >= 4 is 28.7 Å². The van der Waals surface area contributed by atoms with Gasteiger partial charge >= 0.3 is 18.1 Å². The maximum atomic E-state index is 12.2. The van der Waals surface area contributed by atoms with Crippen LogP contribution in [0, 0.1) is 6.92 Å². The highest BCUT2D eigenvalue weighted by molar-refractivity contribution is 6.09. The third kappa shape index (κ3) is 2.42. The minimum atomic E-state index is -5.14. The van der Waals surface area contributed by atoms with Crippen LogP contribution in [0.3, 0.4) is 0 Å². The van der Waals surface area contributed by atoms with Crippen LogP contribution < -0.4 is 5.32 Å². The fraction of sp³-hybridized carbons (Fsp3) is 0.182. The number of alkyl halides is 3. The van der Waals surface area contributed by atoms with Gasteiger partial charge in [-0.05, 0) is 19.1 Å². The number of carbonyl (C=O) groups is 2. The number of carboxylic acids is 1. The van der Waals surface area contributed by atoms with E-state index >= 15 is 0 Å². The minimum Gasteiger partial charge on any atom is -0.475 e. The Balaban J connectivity index is 2.58. The molecular formula is C11H7F3N2O4. The van der Waals surface area contributed by atoms with Gasteiger partial charge in [0, 0.05) is 5.69 Å². The highest BCUT2D eigenvalue weighted by Gasteiger charge is 2.40. The predicted molar refractivity (Wildman–Crippen MR) is 60.4 cm³/mol. The van der Waals surface area contributed by atoms with Crippen LogP contribution in [0.15, 0.2) is 16.5 Å². The number of furan rings is 1. The van der Waals surface area contributed by atoms with Crippen LogP contribution >= 0.6 is 0 Å². The van der Waals surface area contributed by atoms with Crippen molar-refractivity contribution in [3.63, 3.8) is 0 Å². The second-order valence-corrected chi connectivity index (χ2v) is 3.87. The number of amides is 1. The zero-order chi connectivity index (χ0) is 15.1. The highest BCUT2D eigenvalue weighted by atomic mass is 19.4. The van der Waals surface area contributed by atoms with E-state index in [0.29, 0.717) is 5.69 Å². The lowest BCUT2D eigenvalue weighted by Gasteiger charge is -2.06. The first-order valence-corrected chi connectivity index (χ1v) is 5.21. The molecular weight excluding hydrogens is 281 g/mol. The van der Waals surface area contributed by atoms with Gasteiger partial charge in [0.15, 0.2) is 0 Å². The minimum absolute atomic E-state index is 0.0226. The van der Waals surface area contributed by atoms with Gasteiger partial charge in [-0.2, -0.15) is 13.2 Å². The van der Waals surface area contributed by atoms with Crippen molar-refractivity contribution in [2.45, 2.75) is 13.1 Å². The summed E-state index contributed by atoms with van der Waals surface area (Å²) in [6.07, 6.45) is -5.14. The molecule has 0 aliphatic carbocycles. The molecule has 0 radical (unpaired) electrons. The first-order chi connectivity index (χ1) is 9.20. The van der Waals surface area contributed by atoms with Gasteiger partial charge in [0.1, 0.15) is 5.69 Å². The Morgan fingerprint density at radius 2 is 2.00 bits per heavy atom. The maximum Gasteiger partial charge on any atom is 0.471 e. The molecule has 0 aromatic carbocycles. The predicted octanol–water partition coefficient (Wildman–Crippen LogP) is 2.34. The number of nitrogens with zero attached hydrogens (tertiary/aromatic N) is 1. The Bertz CT molecular complexity index is 705. The van der Waals surface area contributed by atoms with Gasteiger partial charge < -0.3 is 14.8 Å². The summed E-state index contributed by atoms with van der Waals surface area (Å²) in [5.74, 6) is -4.71. The molecule has 2 aromatic heterocycles. The summed E-state index contributed by atoms with van der Waals surface area (Å²) < 4.78 is 41.6. The van der Waals surface area contributed by atoms with E-state index in [4.69, 9.17) is 9.52 Å². The number of rotatable bonds is 2. The Kier molecular flexibility index (Phi) is 3.12. The first kappa shape index (κ1) is 13.8. The number of aromatic carboxylic acids is 1. The quantitative estimate of drug-likeness (QED) is 0.884. The number of fused-ring (bicyclic) bond motifs is 1. The Morgan fingerprint density at radius 1 is 1.35 bits per heavy atom. The fourth-order valence-corrected chi connectivity index (χ4v) is 1.53. The van der Waals surface area contributed by atoms with Crippen LogP contribution in [0.1, 0.15) is 16.2 Å². The number of carbonyl (C=O) groups excluding carboxylic acids is 1. The molecule has 0 fully saturated rings. The van der Waals surface area contributed by atoms with Gasteiger partial charge in [-0.25, -0.2) is 9.78 Å². The third-order valence-electron chi connectivity index (χ3n) is 2.38. The number of anilines is 1. The molecule has 0 spiro atoms. The second kappa shape index (κ2) is 4.51. The van der Waals surface area contributed by atoms with Crippen LogP contribution in [-0.2, 0) is 4.79 Å². The van der Waals surface area contributed by atoms with Gasteiger partial charge in [0.05, 0.1) is 5.39 Å². The van der Waals surface area contributed by atoms with Crippen LogP contribution in [0.25, 0.3) is 11.1 Å². The summed E-state index contributed by atoms with van der Waals surface area (Å²) in [6, 6.07) is 2.77. The zero-order valence-electron chi connectivity index (χ0n) is 9.91. The monoisotopic (exact) mass is 288 g/mol. The smallest absolute Gasteiger partial charge is 0.471 e. The molecule has 0 aliphatic rings. The van der Waals surface area contributed by atoms with Crippen molar-refractivity contribution in [1.29, 1.82) is 0 Å². The summed E-state index contributed by atoms with van der Waals surface area (Å²) >= 11 is 0. The molecule has 0 saturated carbocycles. The van der Waals surface area contributed by atoms with Crippen molar-refractivity contribution in [2.24, 2.45) is 0 Å². The Labute approximate surface area is 109 Å². The lowest BCUT2D eigenvalue weighted by Crippen LogP contribution is -2.30. The Morgan fingerprint density at radius 3 is 2.55 bits per heavy atom. The SMILES string of the molecule is Cc1ccc2c(NC(=O)C(F)(F)F)c(C(=O)O)oc2n1. The van der Waals surface area contributed by atoms with E-state index in [0.717, 1.165) is 0 Å². The zero-order valence-corrected chi connectivity index (χ0v) is 9.91. The molecule has 0 aliphatic heterocycles. The summed E-state index contributed by atoms with van der Waals surface area (Å²) in [5, 5.41) is 10.4. The van der Waals surface area contributed by atoms with E-state index in [-0.39, 0.29) is 11.1 Å². The van der Waals surface area contributed by atoms with E-state index < -0.39 is 29.5 Å². The molecule has 2 N–H and O–H groups in total. The lowest BCUT2D eigenvalue weighted by atomic mass is 10.2. The number of pyridine rings is 1. The average Bonchev–Trinajstić information content (AvgIpc) is 2.66. The molecule has 6 nitrogen and oxygen atoms in total. The largest absolute Gasteiger partial charge is 0.475 e. The number of hydrogen-bond acceptors (Lipinski definition) is 4. The van der Waals surface area contributed by atoms with Crippen molar-refractivity contribution in [3.8, 4) is 0 Å². The standard InChI is InChI=1S/C11H7F3N2O4/c1-4-2-3-5-6(16-10(19)11(12,13)14)7(9(17)18)20-8(5)15-4/h2-3H,1H3,(H,16,19)(H,17,18). The van der Waals surface area contributed by atoms with Gasteiger partial charge in [-0.15, -0.1) is 0 Å². The summed E-state index contributed by atoms with van der Waals surface area (Å²) in [4.78, 5) is 25.7. The van der Waals surface area contributed by atoms with E-state index in [1.54, 1.807) is 6.92 Å². The first-order valence-electron chi connectivity index (χ1n) is 5.21. The molecule has 0 atom stereocenters. The third-order valence-corrected chi connectivity index (χ3v) is 2.38. The molecule has 9 heteroatoms. The topological polar surface area (TPSA) is 92.4 Å². The number of aryl methyl sites for hydroxylation is 1. The van der Waals surface area contributed by atoms with Crippen LogP contribution in [0.4, 0.5) is 18.9 Å². The van der Waals surface area contributed by atoms with Gasteiger partial charge in [-0.1, -0.05) is 0 Å². The van der Waals surface area contributed by atoms with Crippen LogP contribution in [-0.4, -0.2) is 28.1 Å². The number of nitrogens with one attached hydrogen (secondary N) is 1. The fourth-order valence-electron chi connectivity index (χ4n) is 1.53. The lowest BCUT2D eigenvalue weighted by molar-refractivity contribution is -0.167.